The first kappa shape index (κ1) is 22.7. The van der Waals surface area contributed by atoms with Crippen molar-refractivity contribution in [3.63, 3.8) is 0 Å². The zero-order valence-corrected chi connectivity index (χ0v) is 19.6. The topological polar surface area (TPSA) is 75.9 Å². The van der Waals surface area contributed by atoms with Gasteiger partial charge in [0.25, 0.3) is 0 Å². The van der Waals surface area contributed by atoms with Gasteiger partial charge in [0.15, 0.2) is 0 Å². The van der Waals surface area contributed by atoms with E-state index in [2.05, 4.69) is 41.4 Å². The summed E-state index contributed by atoms with van der Waals surface area (Å²) in [6, 6.07) is 9.73. The quantitative estimate of drug-likeness (QED) is 0.486. The highest BCUT2D eigenvalue weighted by Gasteiger charge is 2.25. The summed E-state index contributed by atoms with van der Waals surface area (Å²) in [4.78, 5) is 7.39. The van der Waals surface area contributed by atoms with Gasteiger partial charge in [-0.2, -0.15) is 0 Å². The van der Waals surface area contributed by atoms with Crippen molar-refractivity contribution >= 4 is 28.1 Å². The predicted octanol–water partition coefficient (Wildman–Crippen LogP) is 5.79. The highest BCUT2D eigenvalue weighted by atomic mass is 15.2. The van der Waals surface area contributed by atoms with Crippen LogP contribution >= 0.6 is 0 Å². The molecular formula is C27H37N5. The number of aromatic nitrogens is 1. The molecule has 1 aromatic heterocycles. The number of anilines is 1. The van der Waals surface area contributed by atoms with E-state index >= 15 is 0 Å². The maximum Gasteiger partial charge on any atom is 0.138 e. The van der Waals surface area contributed by atoms with Crippen LogP contribution in [0.1, 0.15) is 69.4 Å². The summed E-state index contributed by atoms with van der Waals surface area (Å²) >= 11 is 0. The number of hydrogen-bond donors (Lipinski definition) is 3. The standard InChI is InChI=1S/C27H37N5/c1-3-21(28)10-11-25(29)24-18-20-17-19(2)9-12-26(20)31-27(24)32-15-13-23(14-16-32)30-22-7-5-4-6-8-22/h9-12,17-18,22-23,28-30H,3-8,13-16H2,1-2H3. The van der Waals surface area contributed by atoms with Gasteiger partial charge in [0.05, 0.1) is 11.2 Å². The van der Waals surface area contributed by atoms with Crippen molar-refractivity contribution in [2.24, 2.45) is 0 Å². The number of pyridine rings is 1. The van der Waals surface area contributed by atoms with Gasteiger partial charge in [0.2, 0.25) is 0 Å². The van der Waals surface area contributed by atoms with E-state index in [1.54, 1.807) is 12.2 Å². The van der Waals surface area contributed by atoms with Crippen LogP contribution in [-0.4, -0.2) is 41.6 Å². The second-order valence-electron chi connectivity index (χ2n) is 9.44. The summed E-state index contributed by atoms with van der Waals surface area (Å²) in [6.45, 7) is 5.98. The normalized spacial score (nSPS) is 18.5. The van der Waals surface area contributed by atoms with Gasteiger partial charge in [-0.3, -0.25) is 0 Å². The maximum atomic E-state index is 8.73. The SMILES string of the molecule is CCC(=N)C=CC(=N)c1cc2cc(C)ccc2nc1N1CCC(NC2CCCCC2)CC1. The molecule has 5 heteroatoms. The summed E-state index contributed by atoms with van der Waals surface area (Å²) < 4.78 is 0. The highest BCUT2D eigenvalue weighted by Crippen LogP contribution is 2.28. The molecule has 0 atom stereocenters. The second kappa shape index (κ2) is 10.4. The average Bonchev–Trinajstić information content (AvgIpc) is 2.82. The maximum absolute atomic E-state index is 8.73. The number of rotatable bonds is 7. The van der Waals surface area contributed by atoms with Crippen molar-refractivity contribution in [1.82, 2.24) is 10.3 Å². The number of aryl methyl sites for hydroxylation is 1. The molecule has 5 nitrogen and oxygen atoms in total. The number of benzene rings is 1. The molecule has 2 aliphatic rings. The fourth-order valence-electron chi connectivity index (χ4n) is 4.98. The van der Waals surface area contributed by atoms with E-state index in [9.17, 15) is 0 Å². The van der Waals surface area contributed by atoms with E-state index < -0.39 is 0 Å². The molecule has 1 aromatic carbocycles. The van der Waals surface area contributed by atoms with Crippen LogP contribution in [-0.2, 0) is 0 Å². The van der Waals surface area contributed by atoms with Gasteiger partial charge < -0.3 is 21.0 Å². The molecule has 1 aliphatic heterocycles. The summed E-state index contributed by atoms with van der Waals surface area (Å²) in [7, 11) is 0. The lowest BCUT2D eigenvalue weighted by molar-refractivity contribution is 0.307. The molecule has 0 bridgehead atoms. The molecule has 0 amide bonds. The minimum atomic E-state index is 0.427. The van der Waals surface area contributed by atoms with Crippen molar-refractivity contribution in [3.05, 3.63) is 47.5 Å². The number of piperidine rings is 1. The first-order valence-electron chi connectivity index (χ1n) is 12.3. The smallest absolute Gasteiger partial charge is 0.138 e. The molecule has 2 aromatic rings. The summed E-state index contributed by atoms with van der Waals surface area (Å²) in [5.74, 6) is 0.912. The van der Waals surface area contributed by atoms with Crippen LogP contribution in [0.2, 0.25) is 0 Å². The molecule has 0 unspecified atom stereocenters. The van der Waals surface area contributed by atoms with Crippen LogP contribution in [0.4, 0.5) is 5.82 Å². The fourth-order valence-corrected chi connectivity index (χ4v) is 4.98. The van der Waals surface area contributed by atoms with Crippen molar-refractivity contribution < 1.29 is 0 Å². The third-order valence-electron chi connectivity index (χ3n) is 6.94. The van der Waals surface area contributed by atoms with Crippen molar-refractivity contribution in [1.29, 1.82) is 10.8 Å². The molecule has 170 valence electrons. The van der Waals surface area contributed by atoms with E-state index in [1.165, 1.54) is 37.7 Å². The Labute approximate surface area is 192 Å². The lowest BCUT2D eigenvalue weighted by Crippen LogP contribution is -2.47. The predicted molar refractivity (Wildman–Crippen MR) is 136 cm³/mol. The number of fused-ring (bicyclic) bond motifs is 1. The number of nitrogens with zero attached hydrogens (tertiary/aromatic N) is 2. The van der Waals surface area contributed by atoms with Crippen molar-refractivity contribution in [2.45, 2.75) is 77.3 Å². The van der Waals surface area contributed by atoms with Crippen LogP contribution < -0.4 is 10.2 Å². The average molecular weight is 432 g/mol. The molecule has 2 fully saturated rings. The summed E-state index contributed by atoms with van der Waals surface area (Å²) in [5.41, 5.74) is 4.01. The van der Waals surface area contributed by atoms with Gasteiger partial charge in [-0.1, -0.05) is 37.8 Å². The Morgan fingerprint density at radius 2 is 1.75 bits per heavy atom. The van der Waals surface area contributed by atoms with E-state index in [1.807, 2.05) is 6.92 Å². The molecule has 2 heterocycles. The first-order valence-corrected chi connectivity index (χ1v) is 12.3. The Balaban J connectivity index is 1.55. The molecule has 32 heavy (non-hydrogen) atoms. The molecular weight excluding hydrogens is 394 g/mol. The van der Waals surface area contributed by atoms with Crippen LogP contribution in [0.3, 0.4) is 0 Å². The lowest BCUT2D eigenvalue weighted by atomic mass is 9.93. The molecule has 1 saturated carbocycles. The van der Waals surface area contributed by atoms with Crippen molar-refractivity contribution in [2.75, 3.05) is 18.0 Å². The highest BCUT2D eigenvalue weighted by molar-refractivity contribution is 6.13. The Kier molecular flexibility index (Phi) is 7.36. The molecule has 4 rings (SSSR count). The van der Waals surface area contributed by atoms with Crippen LogP contribution in [0.15, 0.2) is 36.4 Å². The van der Waals surface area contributed by atoms with Crippen LogP contribution in [0.25, 0.3) is 10.9 Å². The monoisotopic (exact) mass is 431 g/mol. The van der Waals surface area contributed by atoms with E-state index in [4.69, 9.17) is 15.8 Å². The Morgan fingerprint density at radius 1 is 1.03 bits per heavy atom. The summed E-state index contributed by atoms with van der Waals surface area (Å²) in [5, 5.41) is 21.6. The fraction of sp³-hybridized carbons (Fsp3) is 0.519. The van der Waals surface area contributed by atoms with E-state index in [-0.39, 0.29) is 0 Å². The molecule has 3 N–H and O–H groups in total. The number of hydrogen-bond acceptors (Lipinski definition) is 5. The molecule has 0 radical (unpaired) electrons. The van der Waals surface area contributed by atoms with E-state index in [0.29, 0.717) is 29.9 Å². The van der Waals surface area contributed by atoms with Gasteiger partial charge in [0, 0.05) is 41.8 Å². The van der Waals surface area contributed by atoms with Crippen LogP contribution in [0, 0.1) is 17.7 Å². The van der Waals surface area contributed by atoms with E-state index in [0.717, 1.165) is 48.2 Å². The second-order valence-corrected chi connectivity index (χ2v) is 9.44. The third kappa shape index (κ3) is 5.44. The van der Waals surface area contributed by atoms with Crippen LogP contribution in [0.5, 0.6) is 0 Å². The Morgan fingerprint density at radius 3 is 2.47 bits per heavy atom. The van der Waals surface area contributed by atoms with Gasteiger partial charge >= 0.3 is 0 Å². The minimum absolute atomic E-state index is 0.427. The zero-order chi connectivity index (χ0) is 22.5. The molecule has 0 spiro atoms. The molecule has 1 aliphatic carbocycles. The van der Waals surface area contributed by atoms with Gasteiger partial charge in [-0.25, -0.2) is 4.98 Å². The first-order chi connectivity index (χ1) is 15.5. The number of allylic oxidation sites excluding steroid dienone is 2. The molecule has 1 saturated heterocycles. The number of nitrogens with one attached hydrogen (secondary N) is 3. The van der Waals surface area contributed by atoms with Gasteiger partial charge in [0.1, 0.15) is 5.82 Å². The Hall–Kier alpha value is -2.53. The zero-order valence-electron chi connectivity index (χ0n) is 19.6. The van der Waals surface area contributed by atoms with Gasteiger partial charge in [-0.05, 0) is 69.4 Å². The minimum Gasteiger partial charge on any atom is -0.356 e. The summed E-state index contributed by atoms with van der Waals surface area (Å²) in [6.07, 6.45) is 13.2. The van der Waals surface area contributed by atoms with Gasteiger partial charge in [-0.15, -0.1) is 0 Å². The Bertz CT molecular complexity index is 995. The largest absolute Gasteiger partial charge is 0.356 e. The third-order valence-corrected chi connectivity index (χ3v) is 6.94. The van der Waals surface area contributed by atoms with Crippen molar-refractivity contribution in [3.8, 4) is 0 Å². The lowest BCUT2D eigenvalue weighted by Gasteiger charge is -2.37.